The molecular weight excluding hydrogens is 307 g/mol. The van der Waals surface area contributed by atoms with Crippen LogP contribution in [-0.4, -0.2) is 31.8 Å². The van der Waals surface area contributed by atoms with E-state index in [9.17, 15) is 0 Å². The largest absolute Gasteiger partial charge is 0.357 e. The molecule has 0 aliphatic rings. The maximum atomic E-state index is 5.82. The first-order chi connectivity index (χ1) is 8.02. The standard InChI is InChI=1S/C9H10BrClN6/c1-4-6(10)5(2)17(16-4)9-14-7(11)13-8(12-3)15-9/h1-3H3,(H,12,13,14,15). The first kappa shape index (κ1) is 12.3. The second-order valence-electron chi connectivity index (χ2n) is 3.37. The van der Waals surface area contributed by atoms with E-state index in [4.69, 9.17) is 11.6 Å². The molecule has 6 nitrogen and oxygen atoms in total. The Balaban J connectivity index is 2.59. The van der Waals surface area contributed by atoms with Gasteiger partial charge < -0.3 is 5.32 Å². The van der Waals surface area contributed by atoms with Gasteiger partial charge in [0.05, 0.1) is 15.9 Å². The minimum absolute atomic E-state index is 0.128. The van der Waals surface area contributed by atoms with Crippen LogP contribution in [0.4, 0.5) is 5.95 Å². The quantitative estimate of drug-likeness (QED) is 0.919. The van der Waals surface area contributed by atoms with Gasteiger partial charge in [0.25, 0.3) is 5.95 Å². The van der Waals surface area contributed by atoms with Crippen molar-refractivity contribution in [1.82, 2.24) is 24.7 Å². The molecule has 0 radical (unpaired) electrons. The maximum Gasteiger partial charge on any atom is 0.256 e. The van der Waals surface area contributed by atoms with Crippen LogP contribution < -0.4 is 5.32 Å². The van der Waals surface area contributed by atoms with E-state index in [1.807, 2.05) is 13.8 Å². The van der Waals surface area contributed by atoms with Crippen molar-refractivity contribution in [2.75, 3.05) is 12.4 Å². The zero-order valence-electron chi connectivity index (χ0n) is 9.49. The summed E-state index contributed by atoms with van der Waals surface area (Å²) in [5.74, 6) is 0.796. The van der Waals surface area contributed by atoms with Crippen molar-refractivity contribution >= 4 is 33.5 Å². The summed E-state index contributed by atoms with van der Waals surface area (Å²) in [6.45, 7) is 3.82. The lowest BCUT2D eigenvalue weighted by molar-refractivity contribution is 0.765. The minimum Gasteiger partial charge on any atom is -0.357 e. The Hall–Kier alpha value is -1.21. The molecule has 2 aromatic heterocycles. The van der Waals surface area contributed by atoms with Gasteiger partial charge in [0.2, 0.25) is 11.2 Å². The van der Waals surface area contributed by atoms with Crippen molar-refractivity contribution in [2.24, 2.45) is 0 Å². The molecule has 0 saturated carbocycles. The van der Waals surface area contributed by atoms with E-state index < -0.39 is 0 Å². The third-order valence-corrected chi connectivity index (χ3v) is 3.53. The summed E-state index contributed by atoms with van der Waals surface area (Å²) < 4.78 is 2.55. The summed E-state index contributed by atoms with van der Waals surface area (Å²) in [6, 6.07) is 0. The Morgan fingerprint density at radius 2 is 1.94 bits per heavy atom. The van der Waals surface area contributed by atoms with Gasteiger partial charge in [-0.25, -0.2) is 4.68 Å². The molecule has 0 saturated heterocycles. The van der Waals surface area contributed by atoms with E-state index in [1.165, 1.54) is 0 Å². The summed E-state index contributed by atoms with van der Waals surface area (Å²) in [7, 11) is 1.71. The van der Waals surface area contributed by atoms with Crippen LogP contribution in [0.1, 0.15) is 11.4 Å². The lowest BCUT2D eigenvalue weighted by Crippen LogP contribution is -2.08. The fraction of sp³-hybridized carbons (Fsp3) is 0.333. The molecule has 17 heavy (non-hydrogen) atoms. The topological polar surface area (TPSA) is 68.5 Å². The molecule has 2 rings (SSSR count). The molecule has 1 N–H and O–H groups in total. The summed E-state index contributed by atoms with van der Waals surface area (Å²) >= 11 is 9.27. The molecule has 2 heterocycles. The van der Waals surface area contributed by atoms with Crippen LogP contribution in [0.3, 0.4) is 0 Å². The van der Waals surface area contributed by atoms with E-state index >= 15 is 0 Å². The number of hydrogen-bond acceptors (Lipinski definition) is 5. The number of aryl methyl sites for hydroxylation is 1. The van der Waals surface area contributed by atoms with E-state index in [0.717, 1.165) is 15.9 Å². The van der Waals surface area contributed by atoms with Gasteiger partial charge in [-0.2, -0.15) is 20.1 Å². The average molecular weight is 318 g/mol. The first-order valence-corrected chi connectivity index (χ1v) is 6.01. The number of aromatic nitrogens is 5. The van der Waals surface area contributed by atoms with Gasteiger partial charge in [0.1, 0.15) is 0 Å². The fourth-order valence-electron chi connectivity index (χ4n) is 1.36. The molecule has 0 bridgehead atoms. The zero-order chi connectivity index (χ0) is 12.6. The highest BCUT2D eigenvalue weighted by Crippen LogP contribution is 2.22. The first-order valence-electron chi connectivity index (χ1n) is 4.84. The van der Waals surface area contributed by atoms with Crippen molar-refractivity contribution in [3.8, 4) is 5.95 Å². The number of hydrogen-bond donors (Lipinski definition) is 1. The molecule has 8 heteroatoms. The van der Waals surface area contributed by atoms with Crippen molar-refractivity contribution in [3.63, 3.8) is 0 Å². The van der Waals surface area contributed by atoms with Crippen LogP contribution in [0.5, 0.6) is 0 Å². The van der Waals surface area contributed by atoms with Gasteiger partial charge in [0, 0.05) is 7.05 Å². The summed E-state index contributed by atoms with van der Waals surface area (Å²) in [4.78, 5) is 12.2. The minimum atomic E-state index is 0.128. The Bertz CT molecular complexity index is 567. The van der Waals surface area contributed by atoms with Gasteiger partial charge in [-0.1, -0.05) is 0 Å². The molecular formula is C9H10BrClN6. The number of halogens is 2. The molecule has 0 aliphatic carbocycles. The number of anilines is 1. The Morgan fingerprint density at radius 1 is 1.24 bits per heavy atom. The second-order valence-corrected chi connectivity index (χ2v) is 4.51. The molecule has 0 aliphatic heterocycles. The molecule has 0 fully saturated rings. The van der Waals surface area contributed by atoms with E-state index in [-0.39, 0.29) is 5.28 Å². The summed E-state index contributed by atoms with van der Waals surface area (Å²) in [5, 5.41) is 7.27. The second kappa shape index (κ2) is 4.58. The van der Waals surface area contributed by atoms with Gasteiger partial charge in [-0.15, -0.1) is 0 Å². The molecule has 90 valence electrons. The van der Waals surface area contributed by atoms with Crippen LogP contribution in [-0.2, 0) is 0 Å². The van der Waals surface area contributed by atoms with Gasteiger partial charge in [-0.3, -0.25) is 0 Å². The predicted molar refractivity (Wildman–Crippen MR) is 68.7 cm³/mol. The van der Waals surface area contributed by atoms with Crippen LogP contribution in [0.25, 0.3) is 5.95 Å². The highest BCUT2D eigenvalue weighted by Gasteiger charge is 2.14. The average Bonchev–Trinajstić information content (AvgIpc) is 2.56. The summed E-state index contributed by atoms with van der Waals surface area (Å²) in [6.07, 6.45) is 0. The number of rotatable bonds is 2. The van der Waals surface area contributed by atoms with Gasteiger partial charge in [-0.05, 0) is 41.4 Å². The van der Waals surface area contributed by atoms with Crippen LogP contribution in [0, 0.1) is 13.8 Å². The van der Waals surface area contributed by atoms with Crippen LogP contribution in [0.2, 0.25) is 5.28 Å². The Morgan fingerprint density at radius 3 is 2.47 bits per heavy atom. The third kappa shape index (κ3) is 2.25. The zero-order valence-corrected chi connectivity index (χ0v) is 11.8. The van der Waals surface area contributed by atoms with Crippen molar-refractivity contribution in [3.05, 3.63) is 21.1 Å². The highest BCUT2D eigenvalue weighted by atomic mass is 79.9. The monoisotopic (exact) mass is 316 g/mol. The molecule has 0 unspecified atom stereocenters. The number of nitrogens with one attached hydrogen (secondary N) is 1. The molecule has 0 spiro atoms. The Labute approximate surface area is 112 Å². The lowest BCUT2D eigenvalue weighted by atomic mass is 10.4. The normalized spacial score (nSPS) is 10.6. The SMILES string of the molecule is CNc1nc(Cl)nc(-n2nc(C)c(Br)c2C)n1. The maximum absolute atomic E-state index is 5.82. The lowest BCUT2D eigenvalue weighted by Gasteiger charge is -2.04. The van der Waals surface area contributed by atoms with E-state index in [2.05, 4.69) is 41.3 Å². The highest BCUT2D eigenvalue weighted by molar-refractivity contribution is 9.10. The van der Waals surface area contributed by atoms with E-state index in [0.29, 0.717) is 11.9 Å². The van der Waals surface area contributed by atoms with Crippen molar-refractivity contribution < 1.29 is 0 Å². The van der Waals surface area contributed by atoms with Gasteiger partial charge in [0.15, 0.2) is 0 Å². The smallest absolute Gasteiger partial charge is 0.256 e. The van der Waals surface area contributed by atoms with Crippen LogP contribution in [0.15, 0.2) is 4.47 Å². The van der Waals surface area contributed by atoms with Crippen molar-refractivity contribution in [1.29, 1.82) is 0 Å². The van der Waals surface area contributed by atoms with Crippen LogP contribution >= 0.6 is 27.5 Å². The molecule has 2 aromatic rings. The molecule has 0 atom stereocenters. The van der Waals surface area contributed by atoms with Gasteiger partial charge >= 0.3 is 0 Å². The molecule has 0 aromatic carbocycles. The van der Waals surface area contributed by atoms with Crippen molar-refractivity contribution in [2.45, 2.75) is 13.8 Å². The fourth-order valence-corrected chi connectivity index (χ4v) is 1.77. The molecule has 0 amide bonds. The third-order valence-electron chi connectivity index (χ3n) is 2.21. The van der Waals surface area contributed by atoms with E-state index in [1.54, 1.807) is 11.7 Å². The predicted octanol–water partition coefficient (Wildman–Crippen LogP) is 2.13. The Kier molecular flexibility index (Phi) is 3.30. The summed E-state index contributed by atoms with van der Waals surface area (Å²) in [5.41, 5.74) is 1.77. The number of nitrogens with zero attached hydrogens (tertiary/aromatic N) is 5.